The van der Waals surface area contributed by atoms with E-state index in [1.165, 1.54) is 0 Å². The predicted molar refractivity (Wildman–Crippen MR) is 84.9 cm³/mol. The van der Waals surface area contributed by atoms with Crippen LogP contribution in [0.4, 0.5) is 0 Å². The van der Waals surface area contributed by atoms with Gasteiger partial charge in [0.05, 0.1) is 19.1 Å². The summed E-state index contributed by atoms with van der Waals surface area (Å²) in [6, 6.07) is 7.60. The van der Waals surface area contributed by atoms with E-state index in [1.54, 1.807) is 0 Å². The van der Waals surface area contributed by atoms with E-state index in [4.69, 9.17) is 21.1 Å². The van der Waals surface area contributed by atoms with Crippen LogP contribution in [0.2, 0.25) is 5.02 Å². The average Bonchev–Trinajstić information content (AvgIpc) is 3.23. The second-order valence-electron chi connectivity index (χ2n) is 6.24. The minimum absolute atomic E-state index is 0.0736. The Hall–Kier alpha value is -1.10. The number of hydrogen-bond donors (Lipinski definition) is 1. The summed E-state index contributed by atoms with van der Waals surface area (Å²) in [5.41, 5.74) is 1.05. The van der Waals surface area contributed by atoms with Crippen molar-refractivity contribution in [2.24, 2.45) is 5.92 Å². The molecule has 5 heteroatoms. The lowest BCUT2D eigenvalue weighted by atomic mass is 9.93. The van der Waals surface area contributed by atoms with E-state index in [-0.39, 0.29) is 11.8 Å². The molecule has 1 saturated heterocycles. The van der Waals surface area contributed by atoms with Crippen LogP contribution >= 0.6 is 11.6 Å². The molecule has 1 unspecified atom stereocenters. The van der Waals surface area contributed by atoms with Crippen molar-refractivity contribution in [1.82, 2.24) is 5.32 Å². The summed E-state index contributed by atoms with van der Waals surface area (Å²) in [4.78, 5) is 12.6. The normalized spacial score (nSPS) is 21.5. The lowest BCUT2D eigenvalue weighted by Gasteiger charge is -2.23. The molecule has 1 amide bonds. The van der Waals surface area contributed by atoms with Crippen LogP contribution in [0.15, 0.2) is 24.3 Å². The Morgan fingerprint density at radius 2 is 1.95 bits per heavy atom. The van der Waals surface area contributed by atoms with E-state index in [1.807, 2.05) is 31.2 Å². The van der Waals surface area contributed by atoms with Gasteiger partial charge in [-0.15, -0.1) is 0 Å². The van der Waals surface area contributed by atoms with E-state index in [2.05, 4.69) is 5.32 Å². The third-order valence-electron chi connectivity index (χ3n) is 4.38. The minimum Gasteiger partial charge on any atom is -0.355 e. The number of amides is 1. The van der Waals surface area contributed by atoms with E-state index in [0.29, 0.717) is 37.1 Å². The maximum Gasteiger partial charge on any atom is 0.227 e. The molecule has 0 radical (unpaired) electrons. The average molecular weight is 324 g/mol. The molecule has 0 bridgehead atoms. The molecule has 0 spiro atoms. The van der Waals surface area contributed by atoms with Crippen molar-refractivity contribution in [3.8, 4) is 0 Å². The Morgan fingerprint density at radius 3 is 2.55 bits per heavy atom. The smallest absolute Gasteiger partial charge is 0.227 e. The van der Waals surface area contributed by atoms with E-state index < -0.39 is 5.79 Å². The van der Waals surface area contributed by atoms with E-state index >= 15 is 0 Å². The van der Waals surface area contributed by atoms with Crippen LogP contribution in [0.1, 0.15) is 37.7 Å². The summed E-state index contributed by atoms with van der Waals surface area (Å²) >= 11 is 5.93. The number of ether oxygens (including phenoxy) is 2. The monoisotopic (exact) mass is 323 g/mol. The Labute approximate surface area is 136 Å². The highest BCUT2D eigenvalue weighted by Crippen LogP contribution is 2.43. The highest BCUT2D eigenvalue weighted by atomic mass is 35.5. The van der Waals surface area contributed by atoms with E-state index in [9.17, 15) is 4.79 Å². The van der Waals surface area contributed by atoms with Gasteiger partial charge in [0.25, 0.3) is 0 Å². The van der Waals surface area contributed by atoms with E-state index in [0.717, 1.165) is 18.4 Å². The Kier molecular flexibility index (Phi) is 4.71. The van der Waals surface area contributed by atoms with Gasteiger partial charge in [-0.1, -0.05) is 23.7 Å². The maximum absolute atomic E-state index is 12.6. The summed E-state index contributed by atoms with van der Waals surface area (Å²) in [7, 11) is 0. The number of nitrogens with one attached hydrogen (secondary N) is 1. The number of carbonyl (C=O) groups excluding carboxylic acids is 1. The Balaban J connectivity index is 1.57. The molecule has 3 rings (SSSR count). The first-order valence-electron chi connectivity index (χ1n) is 7.88. The van der Waals surface area contributed by atoms with Gasteiger partial charge >= 0.3 is 0 Å². The molecule has 1 atom stereocenters. The largest absolute Gasteiger partial charge is 0.355 e. The van der Waals surface area contributed by atoms with Gasteiger partial charge in [-0.25, -0.2) is 0 Å². The first-order valence-corrected chi connectivity index (χ1v) is 8.26. The predicted octanol–water partition coefficient (Wildman–Crippen LogP) is 3.10. The van der Waals surface area contributed by atoms with Gasteiger partial charge in [0, 0.05) is 18.0 Å². The van der Waals surface area contributed by atoms with Gasteiger partial charge in [-0.05, 0) is 43.4 Å². The van der Waals surface area contributed by atoms with Gasteiger partial charge in [-0.2, -0.15) is 0 Å². The Bertz CT molecular complexity index is 521. The van der Waals surface area contributed by atoms with Crippen molar-refractivity contribution in [3.63, 3.8) is 0 Å². The fourth-order valence-electron chi connectivity index (χ4n) is 2.96. The number of benzene rings is 1. The van der Waals surface area contributed by atoms with Crippen molar-refractivity contribution >= 4 is 17.5 Å². The molecule has 1 heterocycles. The molecular formula is C17H22ClNO3. The Morgan fingerprint density at radius 1 is 1.32 bits per heavy atom. The van der Waals surface area contributed by atoms with Gasteiger partial charge in [-0.3, -0.25) is 4.79 Å². The molecule has 1 N–H and O–H groups in total. The second-order valence-corrected chi connectivity index (χ2v) is 6.67. The summed E-state index contributed by atoms with van der Waals surface area (Å²) in [5, 5.41) is 3.73. The first-order chi connectivity index (χ1) is 10.6. The molecule has 22 heavy (non-hydrogen) atoms. The van der Waals surface area contributed by atoms with Crippen molar-refractivity contribution in [2.75, 3.05) is 19.8 Å². The minimum atomic E-state index is -0.553. The molecule has 120 valence electrons. The summed E-state index contributed by atoms with van der Waals surface area (Å²) in [6.07, 6.45) is 2.89. The highest BCUT2D eigenvalue weighted by Gasteiger charge is 2.37. The molecule has 4 nitrogen and oxygen atoms in total. The number of halogens is 1. The quantitative estimate of drug-likeness (QED) is 0.875. The van der Waals surface area contributed by atoms with Gasteiger partial charge in [0.2, 0.25) is 5.91 Å². The zero-order chi connectivity index (χ0) is 15.6. The summed E-state index contributed by atoms with van der Waals surface area (Å²) < 4.78 is 11.1. The zero-order valence-electron chi connectivity index (χ0n) is 12.8. The van der Waals surface area contributed by atoms with Crippen molar-refractivity contribution in [3.05, 3.63) is 34.9 Å². The van der Waals surface area contributed by atoms with Crippen molar-refractivity contribution in [2.45, 2.75) is 37.9 Å². The standard InChI is InChI=1S/C17H22ClNO3/c1-17(21-10-11-22-17)8-9-19-16(20)15(12-2-3-12)13-4-6-14(18)7-5-13/h4-7,12,15H,2-3,8-11H2,1H3,(H,19,20). The summed E-state index contributed by atoms with van der Waals surface area (Å²) in [6.45, 7) is 3.73. The van der Waals surface area contributed by atoms with Crippen LogP contribution < -0.4 is 5.32 Å². The molecule has 1 aliphatic carbocycles. The topological polar surface area (TPSA) is 47.6 Å². The number of carbonyl (C=O) groups is 1. The molecule has 0 aromatic heterocycles. The van der Waals surface area contributed by atoms with Crippen molar-refractivity contribution in [1.29, 1.82) is 0 Å². The van der Waals surface area contributed by atoms with Crippen LogP contribution in [0, 0.1) is 5.92 Å². The van der Waals surface area contributed by atoms with Gasteiger partial charge in [0.1, 0.15) is 0 Å². The lowest BCUT2D eigenvalue weighted by Crippen LogP contribution is -2.36. The summed E-state index contributed by atoms with van der Waals surface area (Å²) in [5.74, 6) is -0.0829. The molecule has 1 aromatic carbocycles. The second kappa shape index (κ2) is 6.57. The SMILES string of the molecule is CC1(CCNC(=O)C(c2ccc(Cl)cc2)C2CC2)OCCO1. The molecule has 2 aliphatic rings. The van der Waals surface area contributed by atoms with Crippen LogP contribution in [0.5, 0.6) is 0 Å². The highest BCUT2D eigenvalue weighted by molar-refractivity contribution is 6.30. The number of rotatable bonds is 6. The first kappa shape index (κ1) is 15.8. The molecule has 1 saturated carbocycles. The third kappa shape index (κ3) is 3.80. The fraction of sp³-hybridized carbons (Fsp3) is 0.588. The van der Waals surface area contributed by atoms with Gasteiger partial charge < -0.3 is 14.8 Å². The van der Waals surface area contributed by atoms with Crippen LogP contribution in [-0.4, -0.2) is 31.5 Å². The van der Waals surface area contributed by atoms with Crippen LogP contribution in [0.25, 0.3) is 0 Å². The maximum atomic E-state index is 12.6. The lowest BCUT2D eigenvalue weighted by molar-refractivity contribution is -0.146. The molecule has 2 fully saturated rings. The fourth-order valence-corrected chi connectivity index (χ4v) is 3.09. The number of hydrogen-bond acceptors (Lipinski definition) is 3. The molecule has 1 aromatic rings. The molecule has 1 aliphatic heterocycles. The van der Waals surface area contributed by atoms with Crippen molar-refractivity contribution < 1.29 is 14.3 Å². The van der Waals surface area contributed by atoms with Gasteiger partial charge in [0.15, 0.2) is 5.79 Å². The molecular weight excluding hydrogens is 302 g/mol. The zero-order valence-corrected chi connectivity index (χ0v) is 13.6. The van der Waals surface area contributed by atoms with Crippen LogP contribution in [-0.2, 0) is 14.3 Å². The van der Waals surface area contributed by atoms with Crippen LogP contribution in [0.3, 0.4) is 0 Å². The third-order valence-corrected chi connectivity index (χ3v) is 4.63.